The van der Waals surface area contributed by atoms with E-state index in [1.54, 1.807) is 43.0 Å². The Kier molecular flexibility index (Phi) is 9.08. The van der Waals surface area contributed by atoms with Crippen molar-refractivity contribution in [1.82, 2.24) is 5.32 Å². The Bertz CT molecular complexity index is 1170. The van der Waals surface area contributed by atoms with Gasteiger partial charge in [0.05, 0.1) is 12.2 Å². The molecule has 0 aromatic heterocycles. The predicted octanol–water partition coefficient (Wildman–Crippen LogP) is 3.56. The van der Waals surface area contributed by atoms with Crippen LogP contribution in [0.5, 0.6) is 11.5 Å². The Morgan fingerprint density at radius 3 is 2.53 bits per heavy atom. The number of hydrogen-bond donors (Lipinski definition) is 3. The summed E-state index contributed by atoms with van der Waals surface area (Å²) in [5.74, 6) is 0.538. The summed E-state index contributed by atoms with van der Waals surface area (Å²) in [6.45, 7) is 3.18. The van der Waals surface area contributed by atoms with Crippen molar-refractivity contribution in [2.75, 3.05) is 24.3 Å². The van der Waals surface area contributed by atoms with Gasteiger partial charge in [0.25, 0.3) is 5.91 Å². The van der Waals surface area contributed by atoms with Crippen LogP contribution in [0.1, 0.15) is 29.8 Å². The molecule has 0 saturated carbocycles. The Morgan fingerprint density at radius 1 is 1.15 bits per heavy atom. The number of rotatable bonds is 6. The lowest BCUT2D eigenvalue weighted by Crippen LogP contribution is -2.29. The van der Waals surface area contributed by atoms with Crippen molar-refractivity contribution in [2.24, 2.45) is 0 Å². The van der Waals surface area contributed by atoms with Gasteiger partial charge in [0.1, 0.15) is 18.1 Å². The van der Waals surface area contributed by atoms with Crippen molar-refractivity contribution in [3.63, 3.8) is 0 Å². The Hall–Kier alpha value is -3.53. The number of phenols is 1. The average molecular weight is 486 g/mol. The number of phenolic OH excluding ortho intramolecular Hbond substituents is 1. The molecule has 182 valence electrons. The summed E-state index contributed by atoms with van der Waals surface area (Å²) < 4.78 is 5.83. The highest BCUT2D eigenvalue weighted by molar-refractivity contribution is 7.98. The van der Waals surface area contributed by atoms with E-state index >= 15 is 0 Å². The van der Waals surface area contributed by atoms with Crippen molar-refractivity contribution in [2.45, 2.75) is 18.4 Å². The zero-order valence-electron chi connectivity index (χ0n) is 19.0. The molecule has 1 amide bonds. The number of nitrogens with one attached hydrogen (secondary N) is 2. The summed E-state index contributed by atoms with van der Waals surface area (Å²) in [4.78, 5) is 15.9. The number of carbonyl (C=O) groups excluding carboxylic acids is 1. The summed E-state index contributed by atoms with van der Waals surface area (Å²) >= 11 is 1.68. The molecule has 0 saturated heterocycles. The van der Waals surface area contributed by atoms with Crippen LogP contribution in [-0.2, 0) is 6.54 Å². The molecule has 0 atom stereocenters. The Morgan fingerprint density at radius 2 is 1.88 bits per heavy atom. The second-order valence-electron chi connectivity index (χ2n) is 7.54. The lowest BCUT2D eigenvalue weighted by Gasteiger charge is -2.31. The van der Waals surface area contributed by atoms with Gasteiger partial charge in [0.2, 0.25) is 0 Å². The predicted molar refractivity (Wildman–Crippen MR) is 138 cm³/mol. The van der Waals surface area contributed by atoms with Gasteiger partial charge < -0.3 is 36.4 Å². The Balaban J connectivity index is 0.00000204. The van der Waals surface area contributed by atoms with Gasteiger partial charge in [-0.3, -0.25) is 4.79 Å². The fraction of sp³-hybridized carbons (Fsp3) is 0.200. The highest BCUT2D eigenvalue weighted by atomic mass is 32.2. The highest BCUT2D eigenvalue weighted by Crippen LogP contribution is 2.38. The quantitative estimate of drug-likeness (QED) is 0.360. The maximum Gasteiger partial charge on any atom is 0.251 e. The van der Waals surface area contributed by atoms with Crippen LogP contribution in [0.4, 0.5) is 11.4 Å². The summed E-state index contributed by atoms with van der Waals surface area (Å²) in [6.07, 6.45) is 2.03. The summed E-state index contributed by atoms with van der Waals surface area (Å²) in [6, 6.07) is 18.8. The minimum absolute atomic E-state index is 0. The van der Waals surface area contributed by atoms with Gasteiger partial charge in [-0.15, -0.1) is 11.8 Å². The first-order valence-electron chi connectivity index (χ1n) is 10.3. The van der Waals surface area contributed by atoms with Crippen LogP contribution in [-0.4, -0.2) is 47.1 Å². The molecular weight excluding hydrogens is 454 g/mol. The lowest BCUT2D eigenvalue weighted by atomic mass is 10.1. The molecule has 3 aromatic rings. The second-order valence-corrected chi connectivity index (χ2v) is 8.42. The monoisotopic (exact) mass is 485 g/mol. The molecule has 0 spiro atoms. The number of anilines is 2. The van der Waals surface area contributed by atoms with Gasteiger partial charge in [0, 0.05) is 41.5 Å². The average Bonchev–Trinajstić information content (AvgIpc) is 2.81. The molecule has 0 bridgehead atoms. The van der Waals surface area contributed by atoms with E-state index in [0.29, 0.717) is 42.3 Å². The van der Waals surface area contributed by atoms with Crippen molar-refractivity contribution in [3.05, 3.63) is 77.4 Å². The molecule has 1 aliphatic rings. The van der Waals surface area contributed by atoms with Gasteiger partial charge in [-0.1, -0.05) is 12.1 Å². The lowest BCUT2D eigenvalue weighted by molar-refractivity contribution is 0.0950. The molecule has 0 aliphatic carbocycles. The van der Waals surface area contributed by atoms with Crippen LogP contribution >= 0.6 is 11.8 Å². The SMILES string of the molecule is CSc1ccc(CNC(=O)c2ccc3c(c2)OCCN3c2ccc(C(C)=N)c(O)c2)cc1.O.O.[HH]. The maximum absolute atomic E-state index is 12.7. The summed E-state index contributed by atoms with van der Waals surface area (Å²) in [5.41, 5.74) is 4.04. The van der Waals surface area contributed by atoms with Crippen LogP contribution in [0.2, 0.25) is 0 Å². The highest BCUT2D eigenvalue weighted by Gasteiger charge is 2.22. The van der Waals surface area contributed by atoms with E-state index in [1.165, 1.54) is 4.90 Å². The molecule has 4 rings (SSSR count). The zero-order chi connectivity index (χ0) is 22.7. The van der Waals surface area contributed by atoms with Gasteiger partial charge in [-0.25, -0.2) is 0 Å². The number of ether oxygens (including phenoxy) is 1. The number of amides is 1. The minimum atomic E-state index is -0.161. The van der Waals surface area contributed by atoms with Gasteiger partial charge in [-0.05, 0) is 61.2 Å². The van der Waals surface area contributed by atoms with Crippen LogP contribution in [0.15, 0.2) is 65.6 Å². The first-order chi connectivity index (χ1) is 15.5. The van der Waals surface area contributed by atoms with Crippen LogP contribution < -0.4 is 15.0 Å². The van der Waals surface area contributed by atoms with Crippen LogP contribution in [0.3, 0.4) is 0 Å². The van der Waals surface area contributed by atoms with E-state index < -0.39 is 0 Å². The number of thioether (sulfide) groups is 1. The molecular formula is C25H31N3O5S. The van der Waals surface area contributed by atoms with E-state index in [-0.39, 0.29) is 24.0 Å². The molecule has 9 heteroatoms. The first-order valence-corrected chi connectivity index (χ1v) is 11.5. The van der Waals surface area contributed by atoms with E-state index in [9.17, 15) is 9.90 Å². The molecule has 1 heterocycles. The zero-order valence-corrected chi connectivity index (χ0v) is 19.8. The van der Waals surface area contributed by atoms with Crippen LogP contribution in [0.25, 0.3) is 0 Å². The summed E-state index contributed by atoms with van der Waals surface area (Å²) in [5, 5.41) is 21.0. The van der Waals surface area contributed by atoms with E-state index in [2.05, 4.69) is 5.32 Å². The fourth-order valence-corrected chi connectivity index (χ4v) is 4.07. The molecule has 8 nitrogen and oxygen atoms in total. The van der Waals surface area contributed by atoms with Crippen molar-refractivity contribution in [1.29, 1.82) is 5.41 Å². The third-order valence-electron chi connectivity index (χ3n) is 5.39. The summed E-state index contributed by atoms with van der Waals surface area (Å²) in [7, 11) is 0. The third-order valence-corrected chi connectivity index (χ3v) is 6.14. The molecule has 0 fully saturated rings. The number of benzene rings is 3. The molecule has 1 aliphatic heterocycles. The van der Waals surface area contributed by atoms with Gasteiger partial charge in [0.15, 0.2) is 0 Å². The first kappa shape index (κ1) is 26.7. The number of carbonyl (C=O) groups is 1. The van der Waals surface area contributed by atoms with E-state index in [4.69, 9.17) is 10.1 Å². The van der Waals surface area contributed by atoms with E-state index in [0.717, 1.165) is 16.9 Å². The number of hydrogen-bond acceptors (Lipinski definition) is 6. The molecule has 34 heavy (non-hydrogen) atoms. The van der Waals surface area contributed by atoms with Crippen LogP contribution in [0, 0.1) is 5.41 Å². The third kappa shape index (κ3) is 5.69. The second kappa shape index (κ2) is 11.6. The maximum atomic E-state index is 12.7. The van der Waals surface area contributed by atoms with Crippen molar-refractivity contribution in [3.8, 4) is 11.5 Å². The minimum Gasteiger partial charge on any atom is -0.507 e. The van der Waals surface area contributed by atoms with Crippen molar-refractivity contribution >= 4 is 34.8 Å². The molecule has 3 aromatic carbocycles. The molecule has 0 radical (unpaired) electrons. The molecule has 0 unspecified atom stereocenters. The normalized spacial score (nSPS) is 11.9. The number of nitrogens with zero attached hydrogens (tertiary/aromatic N) is 1. The van der Waals surface area contributed by atoms with Crippen molar-refractivity contribution < 1.29 is 27.0 Å². The Labute approximate surface area is 204 Å². The fourth-order valence-electron chi connectivity index (χ4n) is 3.66. The number of fused-ring (bicyclic) bond motifs is 1. The molecule has 7 N–H and O–H groups in total. The van der Waals surface area contributed by atoms with Gasteiger partial charge >= 0.3 is 0 Å². The largest absolute Gasteiger partial charge is 0.507 e. The standard InChI is InChI=1S/C25H25N3O3S.2H2O.H2/c1-16(26)21-9-6-19(14-23(21)29)28-11-12-31-24-13-18(5-10-22(24)28)25(30)27-15-17-3-7-20(32-2)8-4-17;;;/h3-10,13-14,26,29H,11-12,15H2,1-2H3,(H,27,30);2*1H2;1H. The topological polar surface area (TPSA) is 149 Å². The van der Waals surface area contributed by atoms with Gasteiger partial charge in [-0.2, -0.15) is 0 Å². The number of aromatic hydroxyl groups is 1. The smallest absolute Gasteiger partial charge is 0.251 e. The van der Waals surface area contributed by atoms with E-state index in [1.807, 2.05) is 47.6 Å².